The molecule has 1 amide bonds. The highest BCUT2D eigenvalue weighted by atomic mass is 19.1. The normalized spacial score (nSPS) is 19.7. The number of rotatable bonds is 4. The fourth-order valence-corrected chi connectivity index (χ4v) is 3.99. The average molecular weight is 398 g/mol. The first-order valence-corrected chi connectivity index (χ1v) is 9.70. The summed E-state index contributed by atoms with van der Waals surface area (Å²) in [6.07, 6.45) is 1.50. The average Bonchev–Trinajstić information content (AvgIpc) is 3.12. The Balaban J connectivity index is 1.83. The van der Waals surface area contributed by atoms with E-state index in [2.05, 4.69) is 15.4 Å². The van der Waals surface area contributed by atoms with Crippen LogP contribution >= 0.6 is 0 Å². The van der Waals surface area contributed by atoms with E-state index >= 15 is 0 Å². The number of nitrogens with one attached hydrogen (secondary N) is 2. The first-order valence-electron chi connectivity index (χ1n) is 9.70. The lowest BCUT2D eigenvalue weighted by Crippen LogP contribution is -2.57. The molecule has 1 unspecified atom stereocenters. The zero-order valence-corrected chi connectivity index (χ0v) is 16.6. The maximum absolute atomic E-state index is 14.6. The Morgan fingerprint density at radius 3 is 2.76 bits per heavy atom. The Hall–Kier alpha value is -3.00. The van der Waals surface area contributed by atoms with Crippen LogP contribution in [0.15, 0.2) is 35.3 Å². The zero-order valence-electron chi connectivity index (χ0n) is 16.6. The summed E-state index contributed by atoms with van der Waals surface area (Å²) in [5, 5.41) is 7.40. The number of aromatic nitrogens is 3. The van der Waals surface area contributed by atoms with E-state index in [0.29, 0.717) is 41.9 Å². The number of fused-ring (bicyclic) bond motifs is 1. The number of aromatic amines is 1. The molecule has 1 aliphatic heterocycles. The Labute approximate surface area is 166 Å². The number of amides is 1. The van der Waals surface area contributed by atoms with Crippen LogP contribution in [0.4, 0.5) is 4.39 Å². The second-order valence-electron chi connectivity index (χ2n) is 7.46. The van der Waals surface area contributed by atoms with Crippen molar-refractivity contribution in [3.63, 3.8) is 0 Å². The molecule has 1 atom stereocenters. The van der Waals surface area contributed by atoms with Crippen molar-refractivity contribution in [1.29, 1.82) is 0 Å². The van der Waals surface area contributed by atoms with E-state index in [4.69, 9.17) is 4.74 Å². The van der Waals surface area contributed by atoms with E-state index in [1.54, 1.807) is 22.9 Å². The van der Waals surface area contributed by atoms with Crippen LogP contribution in [-0.2, 0) is 21.7 Å². The van der Waals surface area contributed by atoms with Crippen molar-refractivity contribution in [2.45, 2.75) is 32.9 Å². The second kappa shape index (κ2) is 7.11. The molecule has 0 bridgehead atoms. The van der Waals surface area contributed by atoms with Gasteiger partial charge in [0.2, 0.25) is 0 Å². The molecule has 0 spiro atoms. The van der Waals surface area contributed by atoms with Gasteiger partial charge < -0.3 is 15.0 Å². The number of carbonyl (C=O) groups is 1. The van der Waals surface area contributed by atoms with Crippen molar-refractivity contribution < 1.29 is 13.9 Å². The van der Waals surface area contributed by atoms with Crippen LogP contribution in [0.25, 0.3) is 22.2 Å². The van der Waals surface area contributed by atoms with Crippen LogP contribution in [0.5, 0.6) is 0 Å². The quantitative estimate of drug-likeness (QED) is 0.707. The molecule has 1 aliphatic rings. The van der Waals surface area contributed by atoms with Crippen molar-refractivity contribution in [1.82, 2.24) is 20.1 Å². The van der Waals surface area contributed by atoms with Gasteiger partial charge in [0.25, 0.3) is 11.5 Å². The molecule has 3 aromatic rings. The van der Waals surface area contributed by atoms with Crippen LogP contribution in [0.1, 0.15) is 26.3 Å². The topological polar surface area (TPSA) is 89.0 Å². The highest BCUT2D eigenvalue weighted by Crippen LogP contribution is 2.34. The van der Waals surface area contributed by atoms with E-state index in [9.17, 15) is 14.0 Å². The largest absolute Gasteiger partial charge is 0.358 e. The fraction of sp³-hybridized carbons (Fsp3) is 0.381. The number of H-pyrrole nitrogens is 1. The van der Waals surface area contributed by atoms with Gasteiger partial charge in [-0.15, -0.1) is 0 Å². The van der Waals surface area contributed by atoms with E-state index in [0.717, 1.165) is 0 Å². The van der Waals surface area contributed by atoms with Gasteiger partial charge in [-0.05, 0) is 37.1 Å². The summed E-state index contributed by atoms with van der Waals surface area (Å²) in [5.41, 5.74) is 0.104. The van der Waals surface area contributed by atoms with Crippen molar-refractivity contribution in [2.75, 3.05) is 13.2 Å². The highest BCUT2D eigenvalue weighted by Gasteiger charge is 2.48. The van der Waals surface area contributed by atoms with Gasteiger partial charge in [0.05, 0.1) is 29.3 Å². The summed E-state index contributed by atoms with van der Waals surface area (Å²) < 4.78 is 22.1. The van der Waals surface area contributed by atoms with Crippen molar-refractivity contribution in [2.24, 2.45) is 5.92 Å². The number of nitrogens with zero attached hydrogens (tertiary/aromatic N) is 2. The maximum Gasteiger partial charge on any atom is 0.257 e. The number of benzene rings is 1. The Kier molecular flexibility index (Phi) is 4.74. The number of aryl methyl sites for hydroxylation is 1. The van der Waals surface area contributed by atoms with Gasteiger partial charge in [-0.25, -0.2) is 4.39 Å². The van der Waals surface area contributed by atoms with Gasteiger partial charge >= 0.3 is 0 Å². The lowest BCUT2D eigenvalue weighted by molar-refractivity contribution is -0.165. The molecule has 2 aromatic heterocycles. The van der Waals surface area contributed by atoms with Gasteiger partial charge in [-0.2, -0.15) is 5.10 Å². The molecule has 0 saturated carbocycles. The standard InChI is InChI=1S/C21H23FN4O3/c1-4-26-18-10-13(9-16(22)14(18)11-24-26)17-6-5-15(19(27)25-17)21(12(2)3)20(28)23-7-8-29-21/h5-6,9-12H,4,7-8H2,1-3H3,(H,23,28)(H,25,27). The molecule has 152 valence electrons. The predicted octanol–water partition coefficient (Wildman–Crippen LogP) is 2.55. The Morgan fingerprint density at radius 1 is 1.31 bits per heavy atom. The van der Waals surface area contributed by atoms with Gasteiger partial charge in [0.15, 0.2) is 5.60 Å². The van der Waals surface area contributed by atoms with Gasteiger partial charge in [-0.3, -0.25) is 14.3 Å². The lowest BCUT2D eigenvalue weighted by atomic mass is 9.82. The molecular weight excluding hydrogens is 375 g/mol. The van der Waals surface area contributed by atoms with Gasteiger partial charge in [-0.1, -0.05) is 13.8 Å². The molecule has 29 heavy (non-hydrogen) atoms. The molecule has 7 nitrogen and oxygen atoms in total. The molecule has 0 aliphatic carbocycles. The zero-order chi connectivity index (χ0) is 20.8. The summed E-state index contributed by atoms with van der Waals surface area (Å²) >= 11 is 0. The van der Waals surface area contributed by atoms with E-state index in [1.165, 1.54) is 12.3 Å². The van der Waals surface area contributed by atoms with E-state index < -0.39 is 17.0 Å². The smallest absolute Gasteiger partial charge is 0.257 e. The first kappa shape index (κ1) is 19.3. The summed E-state index contributed by atoms with van der Waals surface area (Å²) in [6, 6.07) is 6.44. The van der Waals surface area contributed by atoms with Crippen LogP contribution in [0.2, 0.25) is 0 Å². The second-order valence-corrected chi connectivity index (χ2v) is 7.46. The van der Waals surface area contributed by atoms with Gasteiger partial charge in [0.1, 0.15) is 5.82 Å². The molecule has 1 fully saturated rings. The van der Waals surface area contributed by atoms with Crippen LogP contribution < -0.4 is 10.9 Å². The number of pyridine rings is 1. The molecule has 1 saturated heterocycles. The summed E-state index contributed by atoms with van der Waals surface area (Å²) in [4.78, 5) is 28.4. The third kappa shape index (κ3) is 2.95. The number of hydrogen-bond acceptors (Lipinski definition) is 4. The molecule has 3 heterocycles. The number of carbonyl (C=O) groups excluding carboxylic acids is 1. The summed E-state index contributed by atoms with van der Waals surface area (Å²) in [6.45, 7) is 6.95. The fourth-order valence-electron chi connectivity index (χ4n) is 3.99. The van der Waals surface area contributed by atoms with E-state index in [-0.39, 0.29) is 17.4 Å². The molecule has 1 aromatic carbocycles. The minimum atomic E-state index is -1.35. The van der Waals surface area contributed by atoms with Crippen molar-refractivity contribution in [3.8, 4) is 11.3 Å². The Bertz CT molecular complexity index is 1150. The lowest BCUT2D eigenvalue weighted by Gasteiger charge is -2.39. The highest BCUT2D eigenvalue weighted by molar-refractivity contribution is 5.88. The molecule has 0 radical (unpaired) electrons. The molecule has 8 heteroatoms. The minimum Gasteiger partial charge on any atom is -0.358 e. The Morgan fingerprint density at radius 2 is 2.10 bits per heavy atom. The third-order valence-electron chi connectivity index (χ3n) is 5.50. The first-order chi connectivity index (χ1) is 13.9. The monoisotopic (exact) mass is 398 g/mol. The summed E-state index contributed by atoms with van der Waals surface area (Å²) in [7, 11) is 0. The molecule has 2 N–H and O–H groups in total. The van der Waals surface area contributed by atoms with Crippen LogP contribution in [0.3, 0.4) is 0 Å². The minimum absolute atomic E-state index is 0.244. The number of hydrogen-bond donors (Lipinski definition) is 2. The number of morpholine rings is 1. The van der Waals surface area contributed by atoms with E-state index in [1.807, 2.05) is 20.8 Å². The third-order valence-corrected chi connectivity index (χ3v) is 5.50. The van der Waals surface area contributed by atoms with Crippen LogP contribution in [-0.4, -0.2) is 33.8 Å². The maximum atomic E-state index is 14.6. The molecular formula is C21H23FN4O3. The van der Waals surface area contributed by atoms with Crippen molar-refractivity contribution >= 4 is 16.8 Å². The van der Waals surface area contributed by atoms with Crippen LogP contribution in [0, 0.1) is 11.7 Å². The summed E-state index contributed by atoms with van der Waals surface area (Å²) in [5.74, 6) is -0.977. The number of ether oxygens (including phenoxy) is 1. The molecule has 4 rings (SSSR count). The predicted molar refractivity (Wildman–Crippen MR) is 107 cm³/mol. The van der Waals surface area contributed by atoms with Crippen molar-refractivity contribution in [3.05, 3.63) is 52.2 Å². The SMILES string of the molecule is CCn1ncc2c(F)cc(-c3ccc(C4(C(C)C)OCCNC4=O)c(=O)[nH]3)cc21. The number of halogens is 1. The van der Waals surface area contributed by atoms with Gasteiger partial charge in [0, 0.05) is 24.3 Å².